The van der Waals surface area contributed by atoms with Crippen molar-refractivity contribution in [2.24, 2.45) is 5.92 Å². The minimum atomic E-state index is -0.576. The van der Waals surface area contributed by atoms with Crippen LogP contribution in [-0.2, 0) is 4.74 Å². The fourth-order valence-electron chi connectivity index (χ4n) is 2.10. The maximum absolute atomic E-state index is 9.71. The van der Waals surface area contributed by atoms with Gasteiger partial charge in [-0.15, -0.1) is 0 Å². The van der Waals surface area contributed by atoms with Gasteiger partial charge in [-0.2, -0.15) is 0 Å². The second kappa shape index (κ2) is 6.41. The highest BCUT2D eigenvalue weighted by atomic mass is 35.5. The Morgan fingerprint density at radius 2 is 2.17 bits per heavy atom. The molecule has 1 aromatic carbocycles. The Morgan fingerprint density at radius 3 is 2.83 bits per heavy atom. The van der Waals surface area contributed by atoms with E-state index in [-0.39, 0.29) is 0 Å². The van der Waals surface area contributed by atoms with Crippen molar-refractivity contribution in [3.05, 3.63) is 28.8 Å². The Labute approximate surface area is 113 Å². The summed E-state index contributed by atoms with van der Waals surface area (Å²) in [5.74, 6) is 1.26. The normalized spacial score (nSPS) is 18.6. The number of rotatable bonds is 4. The van der Waals surface area contributed by atoms with Crippen LogP contribution < -0.4 is 4.74 Å². The van der Waals surface area contributed by atoms with Crippen molar-refractivity contribution in [1.82, 2.24) is 0 Å². The molecule has 0 bridgehead atoms. The number of aliphatic hydroxyl groups excluding tert-OH is 1. The van der Waals surface area contributed by atoms with E-state index in [1.54, 1.807) is 19.1 Å². The lowest BCUT2D eigenvalue weighted by Crippen LogP contribution is -2.21. The van der Waals surface area contributed by atoms with E-state index < -0.39 is 6.10 Å². The molecule has 0 saturated carbocycles. The fraction of sp³-hybridized carbons (Fsp3) is 0.571. The molecule has 0 unspecified atom stereocenters. The Bertz CT molecular complexity index is 387. The van der Waals surface area contributed by atoms with E-state index in [1.807, 2.05) is 6.07 Å². The van der Waals surface area contributed by atoms with Crippen LogP contribution in [0.5, 0.6) is 5.75 Å². The predicted molar refractivity (Wildman–Crippen MR) is 71.1 cm³/mol. The Hall–Kier alpha value is -0.770. The van der Waals surface area contributed by atoms with Gasteiger partial charge in [0.05, 0.1) is 12.7 Å². The van der Waals surface area contributed by atoms with Gasteiger partial charge in [0.15, 0.2) is 0 Å². The standard InChI is InChI=1S/C14H19ClO3/c1-10(16)13-8-12(15)2-3-14(13)18-9-11-4-6-17-7-5-11/h2-3,8,10-11,16H,4-7,9H2,1H3/t10-/m1/s1. The number of aliphatic hydroxyl groups is 1. The largest absolute Gasteiger partial charge is 0.493 e. The molecule has 0 spiro atoms. The van der Waals surface area contributed by atoms with Crippen LogP contribution in [0.25, 0.3) is 0 Å². The van der Waals surface area contributed by atoms with Crippen LogP contribution in [0.2, 0.25) is 5.02 Å². The maximum Gasteiger partial charge on any atom is 0.125 e. The summed E-state index contributed by atoms with van der Waals surface area (Å²) in [6.45, 7) is 4.02. The van der Waals surface area contributed by atoms with Crippen LogP contribution in [0.15, 0.2) is 18.2 Å². The smallest absolute Gasteiger partial charge is 0.125 e. The highest BCUT2D eigenvalue weighted by Gasteiger charge is 2.16. The molecule has 4 heteroatoms. The van der Waals surface area contributed by atoms with Gasteiger partial charge in [-0.05, 0) is 43.9 Å². The van der Waals surface area contributed by atoms with Crippen molar-refractivity contribution in [3.8, 4) is 5.75 Å². The van der Waals surface area contributed by atoms with E-state index in [0.29, 0.717) is 17.5 Å². The molecule has 0 amide bonds. The molecular formula is C14H19ClO3. The van der Waals surface area contributed by atoms with Gasteiger partial charge in [0, 0.05) is 23.8 Å². The number of benzene rings is 1. The second-order valence-corrected chi connectivity index (χ2v) is 5.16. The van der Waals surface area contributed by atoms with Gasteiger partial charge in [0.25, 0.3) is 0 Å². The van der Waals surface area contributed by atoms with Gasteiger partial charge >= 0.3 is 0 Å². The molecule has 0 radical (unpaired) electrons. The minimum Gasteiger partial charge on any atom is -0.493 e. The summed E-state index contributed by atoms with van der Waals surface area (Å²) in [5.41, 5.74) is 0.745. The topological polar surface area (TPSA) is 38.7 Å². The average molecular weight is 271 g/mol. The van der Waals surface area contributed by atoms with Crippen molar-refractivity contribution < 1.29 is 14.6 Å². The zero-order valence-corrected chi connectivity index (χ0v) is 11.3. The van der Waals surface area contributed by atoms with Gasteiger partial charge in [0.2, 0.25) is 0 Å². The van der Waals surface area contributed by atoms with Crippen LogP contribution in [0.4, 0.5) is 0 Å². The lowest BCUT2D eigenvalue weighted by Gasteiger charge is -2.23. The molecule has 0 aliphatic carbocycles. The van der Waals surface area contributed by atoms with Crippen LogP contribution in [-0.4, -0.2) is 24.9 Å². The molecule has 1 fully saturated rings. The molecule has 1 atom stereocenters. The van der Waals surface area contributed by atoms with Crippen LogP contribution in [0.3, 0.4) is 0 Å². The van der Waals surface area contributed by atoms with E-state index in [9.17, 15) is 5.11 Å². The summed E-state index contributed by atoms with van der Waals surface area (Å²) in [6, 6.07) is 5.36. The number of hydrogen-bond acceptors (Lipinski definition) is 3. The molecule has 100 valence electrons. The van der Waals surface area contributed by atoms with Gasteiger partial charge in [-0.3, -0.25) is 0 Å². The Kier molecular flexibility index (Phi) is 4.87. The molecule has 18 heavy (non-hydrogen) atoms. The molecule has 1 saturated heterocycles. The van der Waals surface area contributed by atoms with E-state index >= 15 is 0 Å². The quantitative estimate of drug-likeness (QED) is 0.913. The Morgan fingerprint density at radius 1 is 1.44 bits per heavy atom. The highest BCUT2D eigenvalue weighted by Crippen LogP contribution is 2.29. The third-order valence-corrected chi connectivity index (χ3v) is 3.47. The maximum atomic E-state index is 9.71. The number of halogens is 1. The van der Waals surface area contributed by atoms with Gasteiger partial charge in [0.1, 0.15) is 5.75 Å². The summed E-state index contributed by atoms with van der Waals surface area (Å²) in [4.78, 5) is 0. The predicted octanol–water partition coefficient (Wildman–Crippen LogP) is 3.20. The van der Waals surface area contributed by atoms with Crippen molar-refractivity contribution in [2.75, 3.05) is 19.8 Å². The van der Waals surface area contributed by atoms with E-state index in [2.05, 4.69) is 0 Å². The number of hydrogen-bond donors (Lipinski definition) is 1. The van der Waals surface area contributed by atoms with Crippen molar-refractivity contribution in [3.63, 3.8) is 0 Å². The fourth-order valence-corrected chi connectivity index (χ4v) is 2.28. The summed E-state index contributed by atoms with van der Waals surface area (Å²) in [6.07, 6.45) is 1.50. The minimum absolute atomic E-state index is 0.538. The zero-order valence-electron chi connectivity index (χ0n) is 10.6. The first kappa shape index (κ1) is 13.7. The third-order valence-electron chi connectivity index (χ3n) is 3.24. The van der Waals surface area contributed by atoms with Gasteiger partial charge in [-0.25, -0.2) is 0 Å². The lowest BCUT2D eigenvalue weighted by atomic mass is 10.0. The summed E-state index contributed by atoms with van der Waals surface area (Å²) in [5, 5.41) is 10.3. The molecule has 0 aromatic heterocycles. The van der Waals surface area contributed by atoms with Crippen molar-refractivity contribution in [1.29, 1.82) is 0 Å². The second-order valence-electron chi connectivity index (χ2n) is 4.72. The molecule has 1 aliphatic rings. The third kappa shape index (κ3) is 3.61. The van der Waals surface area contributed by atoms with Crippen LogP contribution in [0.1, 0.15) is 31.4 Å². The summed E-state index contributed by atoms with van der Waals surface area (Å²) < 4.78 is 11.1. The van der Waals surface area contributed by atoms with E-state index in [0.717, 1.165) is 37.4 Å². The average Bonchev–Trinajstić information content (AvgIpc) is 2.38. The molecule has 1 aromatic rings. The molecule has 1 N–H and O–H groups in total. The van der Waals surface area contributed by atoms with Crippen molar-refractivity contribution >= 4 is 11.6 Å². The van der Waals surface area contributed by atoms with E-state index in [1.165, 1.54) is 0 Å². The molecule has 1 heterocycles. The molecule has 3 nitrogen and oxygen atoms in total. The van der Waals surface area contributed by atoms with E-state index in [4.69, 9.17) is 21.1 Å². The number of ether oxygens (including phenoxy) is 2. The molecular weight excluding hydrogens is 252 g/mol. The first-order chi connectivity index (χ1) is 8.66. The lowest BCUT2D eigenvalue weighted by molar-refractivity contribution is 0.0491. The SMILES string of the molecule is C[C@@H](O)c1cc(Cl)ccc1OCC1CCOCC1. The van der Waals surface area contributed by atoms with Crippen LogP contribution in [0, 0.1) is 5.92 Å². The first-order valence-corrected chi connectivity index (χ1v) is 6.72. The first-order valence-electron chi connectivity index (χ1n) is 6.35. The molecule has 2 rings (SSSR count). The van der Waals surface area contributed by atoms with Gasteiger partial charge in [-0.1, -0.05) is 11.6 Å². The monoisotopic (exact) mass is 270 g/mol. The Balaban J connectivity index is 1.99. The summed E-state index contributed by atoms with van der Waals surface area (Å²) >= 11 is 5.93. The zero-order chi connectivity index (χ0) is 13.0. The summed E-state index contributed by atoms with van der Waals surface area (Å²) in [7, 11) is 0. The van der Waals surface area contributed by atoms with Crippen molar-refractivity contribution in [2.45, 2.75) is 25.9 Å². The highest BCUT2D eigenvalue weighted by molar-refractivity contribution is 6.30. The molecule has 1 aliphatic heterocycles. The van der Waals surface area contributed by atoms with Gasteiger partial charge < -0.3 is 14.6 Å². The van der Waals surface area contributed by atoms with Crippen LogP contribution >= 0.6 is 11.6 Å².